The zero-order valence-electron chi connectivity index (χ0n) is 15.6. The Morgan fingerprint density at radius 3 is 2.61 bits per heavy atom. The van der Waals surface area contributed by atoms with Crippen LogP contribution in [0.15, 0.2) is 76.7 Å². The van der Waals surface area contributed by atoms with Gasteiger partial charge in [-0.05, 0) is 63.7 Å². The molecule has 2 heterocycles. The fourth-order valence-electron chi connectivity index (χ4n) is 4.57. The Morgan fingerprint density at radius 1 is 0.857 bits per heavy atom. The molecule has 0 saturated heterocycles. The highest BCUT2D eigenvalue weighted by Gasteiger charge is 2.30. The predicted octanol–water partition coefficient (Wildman–Crippen LogP) is 6.55. The number of aryl methyl sites for hydroxylation is 2. The molecule has 3 heteroatoms. The lowest BCUT2D eigenvalue weighted by Crippen LogP contribution is -2.31. The Labute approximate surface area is 166 Å². The molecule has 6 rings (SSSR count). The van der Waals surface area contributed by atoms with Crippen LogP contribution in [-0.2, 0) is 7.05 Å². The second-order valence-corrected chi connectivity index (χ2v) is 8.56. The van der Waals surface area contributed by atoms with Crippen LogP contribution < -0.4 is 4.57 Å². The van der Waals surface area contributed by atoms with Crippen molar-refractivity contribution in [1.29, 1.82) is 0 Å². The first-order valence-corrected chi connectivity index (χ1v) is 10.2. The van der Waals surface area contributed by atoms with Crippen molar-refractivity contribution >= 4 is 44.1 Å². The summed E-state index contributed by atoms with van der Waals surface area (Å²) >= 11 is 1.81. The van der Waals surface area contributed by atoms with Crippen LogP contribution in [0.1, 0.15) is 5.56 Å². The van der Waals surface area contributed by atoms with Crippen molar-refractivity contribution in [3.05, 3.63) is 78.2 Å². The van der Waals surface area contributed by atoms with E-state index in [-0.39, 0.29) is 5.82 Å². The molecule has 1 nitrogen and oxygen atoms in total. The second kappa shape index (κ2) is 5.55. The third kappa shape index (κ3) is 2.05. The topological polar surface area (TPSA) is 3.88 Å². The Morgan fingerprint density at radius 2 is 1.71 bits per heavy atom. The lowest BCUT2D eigenvalue weighted by Gasteiger charge is -2.22. The van der Waals surface area contributed by atoms with Crippen LogP contribution in [0.5, 0.6) is 0 Å². The highest BCUT2D eigenvalue weighted by atomic mass is 32.2. The molecule has 5 aromatic rings. The van der Waals surface area contributed by atoms with E-state index in [1.54, 1.807) is 12.1 Å². The fourth-order valence-corrected chi connectivity index (χ4v) is 5.94. The molecular formula is C25H17FNS+. The van der Waals surface area contributed by atoms with Gasteiger partial charge in [-0.25, -0.2) is 8.96 Å². The first-order chi connectivity index (χ1) is 13.6. The molecule has 134 valence electrons. The van der Waals surface area contributed by atoms with Crippen molar-refractivity contribution in [3.8, 4) is 11.3 Å². The maximum atomic E-state index is 13.9. The maximum absolute atomic E-state index is 13.9. The molecule has 0 atom stereocenters. The Balaban J connectivity index is 1.85. The largest absolute Gasteiger partial charge is 0.222 e. The predicted molar refractivity (Wildman–Crippen MR) is 114 cm³/mol. The summed E-state index contributed by atoms with van der Waals surface area (Å²) in [4.78, 5) is 2.49. The van der Waals surface area contributed by atoms with E-state index in [2.05, 4.69) is 67.2 Å². The zero-order valence-corrected chi connectivity index (χ0v) is 16.4. The number of benzene rings is 4. The molecule has 0 radical (unpaired) electrons. The molecule has 0 bridgehead atoms. The van der Waals surface area contributed by atoms with Crippen molar-refractivity contribution in [3.63, 3.8) is 0 Å². The monoisotopic (exact) mass is 382 g/mol. The number of halogens is 1. The van der Waals surface area contributed by atoms with E-state index < -0.39 is 0 Å². The molecule has 0 unspecified atom stereocenters. The standard InChI is InChI=1S/C25H17FNS/c1-14-19-6-4-3-5-15(19)13-21-22(14)24-23-16(9-10-27(24)2)11-17-12-18(26)7-8-20(17)25(23)28-21/h3-13H,1-2H3/q+1. The molecule has 0 N–H and O–H groups in total. The summed E-state index contributed by atoms with van der Waals surface area (Å²) < 4.78 is 16.1. The van der Waals surface area contributed by atoms with Crippen molar-refractivity contribution in [2.24, 2.45) is 7.05 Å². The van der Waals surface area contributed by atoms with E-state index in [0.29, 0.717) is 0 Å². The molecule has 1 aromatic heterocycles. The van der Waals surface area contributed by atoms with E-state index in [1.165, 1.54) is 42.8 Å². The second-order valence-electron chi connectivity index (χ2n) is 7.51. The van der Waals surface area contributed by atoms with Crippen molar-refractivity contribution in [2.45, 2.75) is 16.7 Å². The average molecular weight is 382 g/mol. The quantitative estimate of drug-likeness (QED) is 0.213. The van der Waals surface area contributed by atoms with E-state index in [4.69, 9.17) is 0 Å². The van der Waals surface area contributed by atoms with Crippen molar-refractivity contribution in [2.75, 3.05) is 0 Å². The van der Waals surface area contributed by atoms with Gasteiger partial charge in [0, 0.05) is 15.9 Å². The molecule has 0 saturated carbocycles. The fraction of sp³-hybridized carbons (Fsp3) is 0.0800. The summed E-state index contributed by atoms with van der Waals surface area (Å²) in [5.74, 6) is -0.191. The lowest BCUT2D eigenvalue weighted by atomic mass is 9.93. The lowest BCUT2D eigenvalue weighted by molar-refractivity contribution is -0.659. The number of hydrogen-bond acceptors (Lipinski definition) is 1. The third-order valence-corrected chi connectivity index (χ3v) is 7.04. The Kier molecular flexibility index (Phi) is 3.19. The van der Waals surface area contributed by atoms with Gasteiger partial charge in [0.25, 0.3) is 0 Å². The first kappa shape index (κ1) is 16.1. The molecule has 28 heavy (non-hydrogen) atoms. The molecule has 0 aliphatic carbocycles. The van der Waals surface area contributed by atoms with Gasteiger partial charge in [0.15, 0.2) is 6.20 Å². The number of pyridine rings is 1. The van der Waals surface area contributed by atoms with Gasteiger partial charge >= 0.3 is 0 Å². The summed E-state index contributed by atoms with van der Waals surface area (Å²) in [5, 5.41) is 7.05. The van der Waals surface area contributed by atoms with E-state index in [9.17, 15) is 4.39 Å². The SMILES string of the molecule is Cc1c2c(cc3ccccc13)Sc1c3ccc(F)cc3cc3cc[n+](C)c-2c13. The Bertz CT molecular complexity index is 1470. The third-order valence-electron chi connectivity index (χ3n) is 5.87. The van der Waals surface area contributed by atoms with Gasteiger partial charge in [-0.2, -0.15) is 0 Å². The van der Waals surface area contributed by atoms with Crippen molar-refractivity contribution in [1.82, 2.24) is 0 Å². The van der Waals surface area contributed by atoms with Crippen molar-refractivity contribution < 1.29 is 8.96 Å². The van der Waals surface area contributed by atoms with Gasteiger partial charge in [-0.1, -0.05) is 42.1 Å². The van der Waals surface area contributed by atoms with Gasteiger partial charge in [0.2, 0.25) is 5.69 Å². The van der Waals surface area contributed by atoms with Crippen LogP contribution in [0.2, 0.25) is 0 Å². The molecule has 0 spiro atoms. The molecular weight excluding hydrogens is 365 g/mol. The summed E-state index contributed by atoms with van der Waals surface area (Å²) in [7, 11) is 2.11. The number of aromatic nitrogens is 1. The zero-order chi connectivity index (χ0) is 19.0. The summed E-state index contributed by atoms with van der Waals surface area (Å²) in [6, 6.07) is 20.2. The molecule has 1 aliphatic heterocycles. The minimum absolute atomic E-state index is 0.191. The smallest absolute Gasteiger partial charge is 0.207 e. The molecule has 4 aromatic carbocycles. The van der Waals surface area contributed by atoms with E-state index >= 15 is 0 Å². The number of hydrogen-bond donors (Lipinski definition) is 0. The van der Waals surface area contributed by atoms with Crippen LogP contribution >= 0.6 is 11.8 Å². The molecule has 1 aliphatic rings. The average Bonchev–Trinajstić information content (AvgIpc) is 2.69. The Hall–Kier alpha value is -2.91. The minimum atomic E-state index is -0.191. The number of nitrogens with zero attached hydrogens (tertiary/aromatic N) is 1. The van der Waals surface area contributed by atoms with Crippen LogP contribution in [0.25, 0.3) is 43.6 Å². The van der Waals surface area contributed by atoms with Gasteiger partial charge < -0.3 is 0 Å². The van der Waals surface area contributed by atoms with Gasteiger partial charge in [0.1, 0.15) is 12.9 Å². The van der Waals surface area contributed by atoms with Crippen LogP contribution in [0.3, 0.4) is 0 Å². The van der Waals surface area contributed by atoms with E-state index in [0.717, 1.165) is 16.2 Å². The van der Waals surface area contributed by atoms with E-state index in [1.807, 2.05) is 17.8 Å². The van der Waals surface area contributed by atoms with Crippen LogP contribution in [-0.4, -0.2) is 0 Å². The summed E-state index contributed by atoms with van der Waals surface area (Å²) in [6.45, 7) is 2.22. The number of fused-ring (bicyclic) bond motifs is 5. The van der Waals surface area contributed by atoms with Crippen LogP contribution in [0, 0.1) is 12.7 Å². The van der Waals surface area contributed by atoms with Gasteiger partial charge in [-0.15, -0.1) is 0 Å². The number of rotatable bonds is 0. The summed E-state index contributed by atoms with van der Waals surface area (Å²) in [5.41, 5.74) is 3.87. The molecule has 0 fully saturated rings. The highest BCUT2D eigenvalue weighted by molar-refractivity contribution is 8.00. The van der Waals surface area contributed by atoms with Gasteiger partial charge in [0.05, 0.1) is 10.9 Å². The maximum Gasteiger partial charge on any atom is 0.222 e. The summed E-state index contributed by atoms with van der Waals surface area (Å²) in [6.07, 6.45) is 2.11. The first-order valence-electron chi connectivity index (χ1n) is 9.37. The molecule has 0 amide bonds. The highest BCUT2D eigenvalue weighted by Crippen LogP contribution is 2.51. The van der Waals surface area contributed by atoms with Crippen LogP contribution in [0.4, 0.5) is 4.39 Å². The van der Waals surface area contributed by atoms with Gasteiger partial charge in [-0.3, -0.25) is 0 Å². The minimum Gasteiger partial charge on any atom is -0.207 e. The normalized spacial score (nSPS) is 12.7.